The zero-order valence-corrected chi connectivity index (χ0v) is 18.9. The van der Waals surface area contributed by atoms with E-state index in [1.807, 2.05) is 55.4 Å². The molecule has 3 rings (SSSR count). The topological polar surface area (TPSA) is 59.8 Å². The van der Waals surface area contributed by atoms with E-state index >= 15 is 0 Å². The average Bonchev–Trinajstić information content (AvgIpc) is 3.04. The molecule has 2 aromatic carbocycles. The fourth-order valence-electron chi connectivity index (χ4n) is 2.73. The maximum atomic E-state index is 12.3. The fraction of sp³-hybridized carbons (Fsp3) is 0.318. The predicted molar refractivity (Wildman–Crippen MR) is 122 cm³/mol. The van der Waals surface area contributed by atoms with E-state index in [-0.39, 0.29) is 5.91 Å². The summed E-state index contributed by atoms with van der Waals surface area (Å²) in [6, 6.07) is 14.6. The quantitative estimate of drug-likeness (QED) is 0.519. The SMILES string of the molecule is Cc1ccc(CSCc2nnc(SCC(=O)Nc3cc(C)ccc3C)n2C)cc1. The minimum atomic E-state index is -0.0398. The number of aryl methyl sites for hydroxylation is 3. The smallest absolute Gasteiger partial charge is 0.234 e. The van der Waals surface area contributed by atoms with Crippen LogP contribution in [0, 0.1) is 20.8 Å². The van der Waals surface area contributed by atoms with Crippen LogP contribution in [0.3, 0.4) is 0 Å². The summed E-state index contributed by atoms with van der Waals surface area (Å²) >= 11 is 3.21. The van der Waals surface area contributed by atoms with Crippen LogP contribution in [-0.2, 0) is 23.3 Å². The van der Waals surface area contributed by atoms with E-state index in [1.165, 1.54) is 22.9 Å². The van der Waals surface area contributed by atoms with E-state index in [9.17, 15) is 4.79 Å². The van der Waals surface area contributed by atoms with E-state index in [0.29, 0.717) is 5.75 Å². The van der Waals surface area contributed by atoms with Crippen molar-refractivity contribution in [3.63, 3.8) is 0 Å². The Bertz CT molecular complexity index is 983. The molecule has 0 radical (unpaired) electrons. The Morgan fingerprint density at radius 3 is 2.48 bits per heavy atom. The molecule has 0 saturated carbocycles. The molecule has 0 fully saturated rings. The van der Waals surface area contributed by atoms with E-state index in [2.05, 4.69) is 46.7 Å². The summed E-state index contributed by atoms with van der Waals surface area (Å²) in [5.41, 5.74) is 5.62. The Morgan fingerprint density at radius 1 is 1.00 bits per heavy atom. The van der Waals surface area contributed by atoms with Gasteiger partial charge in [0.2, 0.25) is 5.91 Å². The maximum Gasteiger partial charge on any atom is 0.234 e. The third-order valence-corrected chi connectivity index (χ3v) is 6.57. The van der Waals surface area contributed by atoms with Gasteiger partial charge in [-0.05, 0) is 43.5 Å². The number of nitrogens with one attached hydrogen (secondary N) is 1. The first-order valence-electron chi connectivity index (χ1n) is 9.44. The lowest BCUT2D eigenvalue weighted by atomic mass is 10.1. The van der Waals surface area contributed by atoms with Crippen LogP contribution in [0.15, 0.2) is 47.6 Å². The summed E-state index contributed by atoms with van der Waals surface area (Å²) in [7, 11) is 1.95. The number of carbonyl (C=O) groups is 1. The standard InChI is InChI=1S/C22H26N4OS2/c1-15-6-9-18(10-7-15)12-28-13-20-24-25-22(26(20)4)29-14-21(27)23-19-11-16(2)5-8-17(19)3/h5-11H,12-14H2,1-4H3,(H,23,27). The number of hydrogen-bond acceptors (Lipinski definition) is 5. The Balaban J connectivity index is 1.49. The molecule has 1 N–H and O–H groups in total. The summed E-state index contributed by atoms with van der Waals surface area (Å²) < 4.78 is 1.97. The summed E-state index contributed by atoms with van der Waals surface area (Å²) in [6.07, 6.45) is 0. The molecule has 0 aliphatic carbocycles. The molecule has 0 atom stereocenters. The second-order valence-electron chi connectivity index (χ2n) is 7.09. The van der Waals surface area contributed by atoms with Gasteiger partial charge in [0, 0.05) is 18.5 Å². The number of nitrogens with zero attached hydrogens (tertiary/aromatic N) is 3. The van der Waals surface area contributed by atoms with Crippen LogP contribution in [0.25, 0.3) is 0 Å². The molecular weight excluding hydrogens is 400 g/mol. The Labute approximate surface area is 180 Å². The van der Waals surface area contributed by atoms with Gasteiger partial charge < -0.3 is 9.88 Å². The van der Waals surface area contributed by atoms with Gasteiger partial charge in [-0.1, -0.05) is 53.7 Å². The minimum absolute atomic E-state index is 0.0398. The number of rotatable bonds is 8. The molecule has 0 unspecified atom stereocenters. The van der Waals surface area contributed by atoms with Crippen molar-refractivity contribution in [2.24, 2.45) is 7.05 Å². The molecule has 3 aromatic rings. The maximum absolute atomic E-state index is 12.3. The molecule has 0 saturated heterocycles. The molecule has 0 aliphatic rings. The normalized spacial score (nSPS) is 10.9. The molecule has 0 bridgehead atoms. The molecule has 0 spiro atoms. The molecule has 0 aliphatic heterocycles. The molecule has 152 valence electrons. The van der Waals surface area contributed by atoms with Crippen molar-refractivity contribution in [2.75, 3.05) is 11.1 Å². The zero-order chi connectivity index (χ0) is 20.8. The molecule has 1 aromatic heterocycles. The van der Waals surface area contributed by atoms with Crippen molar-refractivity contribution >= 4 is 35.1 Å². The average molecular weight is 427 g/mol. The lowest BCUT2D eigenvalue weighted by molar-refractivity contribution is -0.113. The largest absolute Gasteiger partial charge is 0.325 e. The van der Waals surface area contributed by atoms with Crippen molar-refractivity contribution in [1.29, 1.82) is 0 Å². The molecular formula is C22H26N4OS2. The monoisotopic (exact) mass is 426 g/mol. The summed E-state index contributed by atoms with van der Waals surface area (Å²) in [4.78, 5) is 12.3. The number of benzene rings is 2. The lowest BCUT2D eigenvalue weighted by Gasteiger charge is -2.09. The number of amides is 1. The highest BCUT2D eigenvalue weighted by Gasteiger charge is 2.12. The molecule has 29 heavy (non-hydrogen) atoms. The summed E-state index contributed by atoms with van der Waals surface area (Å²) in [5, 5.41) is 12.3. The van der Waals surface area contributed by atoms with E-state index < -0.39 is 0 Å². The zero-order valence-electron chi connectivity index (χ0n) is 17.2. The van der Waals surface area contributed by atoms with Gasteiger partial charge in [0.1, 0.15) is 5.82 Å². The van der Waals surface area contributed by atoms with Crippen LogP contribution >= 0.6 is 23.5 Å². The second-order valence-corrected chi connectivity index (χ2v) is 9.02. The van der Waals surface area contributed by atoms with Gasteiger partial charge in [0.15, 0.2) is 5.16 Å². The van der Waals surface area contributed by atoms with Gasteiger partial charge in [0.05, 0.1) is 11.5 Å². The van der Waals surface area contributed by atoms with E-state index in [4.69, 9.17) is 0 Å². The van der Waals surface area contributed by atoms with Crippen LogP contribution in [0.4, 0.5) is 5.69 Å². The number of carbonyl (C=O) groups excluding carboxylic acids is 1. The van der Waals surface area contributed by atoms with Gasteiger partial charge in [-0.25, -0.2) is 0 Å². The van der Waals surface area contributed by atoms with Crippen LogP contribution < -0.4 is 5.32 Å². The Kier molecular flexibility index (Phi) is 7.39. The lowest BCUT2D eigenvalue weighted by Crippen LogP contribution is -2.15. The number of anilines is 1. The van der Waals surface area contributed by atoms with Crippen molar-refractivity contribution in [1.82, 2.24) is 14.8 Å². The first kappa shape index (κ1) is 21.5. The van der Waals surface area contributed by atoms with Crippen LogP contribution in [0.2, 0.25) is 0 Å². The first-order valence-corrected chi connectivity index (χ1v) is 11.6. The number of hydrogen-bond donors (Lipinski definition) is 1. The first-order chi connectivity index (χ1) is 13.9. The van der Waals surface area contributed by atoms with E-state index in [0.717, 1.165) is 39.3 Å². The van der Waals surface area contributed by atoms with Crippen LogP contribution in [-0.4, -0.2) is 26.4 Å². The fourth-order valence-corrected chi connectivity index (χ4v) is 4.42. The predicted octanol–water partition coefficient (Wildman–Crippen LogP) is 4.90. The highest BCUT2D eigenvalue weighted by atomic mass is 32.2. The van der Waals surface area contributed by atoms with Crippen LogP contribution in [0.1, 0.15) is 28.1 Å². The Hall–Kier alpha value is -2.25. The Morgan fingerprint density at radius 2 is 1.72 bits per heavy atom. The molecule has 1 amide bonds. The van der Waals surface area contributed by atoms with Gasteiger partial charge in [-0.3, -0.25) is 4.79 Å². The summed E-state index contributed by atoms with van der Waals surface area (Å²) in [6.45, 7) is 6.10. The third kappa shape index (κ3) is 6.11. The number of thioether (sulfide) groups is 2. The summed E-state index contributed by atoms with van der Waals surface area (Å²) in [5.74, 6) is 2.90. The highest BCUT2D eigenvalue weighted by molar-refractivity contribution is 7.99. The van der Waals surface area contributed by atoms with Crippen molar-refractivity contribution in [3.8, 4) is 0 Å². The highest BCUT2D eigenvalue weighted by Crippen LogP contribution is 2.22. The van der Waals surface area contributed by atoms with Crippen LogP contribution in [0.5, 0.6) is 0 Å². The van der Waals surface area contributed by atoms with E-state index in [1.54, 1.807) is 0 Å². The third-order valence-electron chi connectivity index (χ3n) is 4.55. The van der Waals surface area contributed by atoms with Crippen molar-refractivity contribution in [3.05, 3.63) is 70.5 Å². The van der Waals surface area contributed by atoms with Gasteiger partial charge in [-0.2, -0.15) is 0 Å². The molecule has 5 nitrogen and oxygen atoms in total. The molecule has 1 heterocycles. The van der Waals surface area contributed by atoms with Gasteiger partial charge >= 0.3 is 0 Å². The van der Waals surface area contributed by atoms with Gasteiger partial charge in [0.25, 0.3) is 0 Å². The van der Waals surface area contributed by atoms with Crippen molar-refractivity contribution in [2.45, 2.75) is 37.4 Å². The minimum Gasteiger partial charge on any atom is -0.325 e. The number of aromatic nitrogens is 3. The van der Waals surface area contributed by atoms with Crippen molar-refractivity contribution < 1.29 is 4.79 Å². The molecule has 7 heteroatoms. The second kappa shape index (κ2) is 9.98. The van der Waals surface area contributed by atoms with Gasteiger partial charge in [-0.15, -0.1) is 22.0 Å².